The first-order valence-corrected chi connectivity index (χ1v) is 6.88. The Bertz CT molecular complexity index is 430. The highest BCUT2D eigenvalue weighted by molar-refractivity contribution is 5.46. The van der Waals surface area contributed by atoms with Gasteiger partial charge in [0.2, 0.25) is 0 Å². The zero-order valence-corrected chi connectivity index (χ0v) is 13.4. The molecule has 0 radical (unpaired) electrons. The molecule has 0 saturated carbocycles. The molecule has 1 aromatic carbocycles. The van der Waals surface area contributed by atoms with Crippen molar-refractivity contribution >= 4 is 0 Å². The third-order valence-corrected chi connectivity index (χ3v) is 2.66. The van der Waals surface area contributed by atoms with E-state index in [0.29, 0.717) is 18.0 Å². The van der Waals surface area contributed by atoms with Crippen molar-refractivity contribution in [3.8, 4) is 11.5 Å². The number of para-hydroxylation sites is 1. The molecule has 114 valence electrons. The highest BCUT2D eigenvalue weighted by Gasteiger charge is 2.18. The van der Waals surface area contributed by atoms with Crippen molar-refractivity contribution in [3.05, 3.63) is 23.8 Å². The second-order valence-corrected chi connectivity index (χ2v) is 6.65. The summed E-state index contributed by atoms with van der Waals surface area (Å²) in [6.07, 6.45) is 0. The Morgan fingerprint density at radius 1 is 1.15 bits per heavy atom. The molecule has 20 heavy (non-hydrogen) atoms. The number of benzene rings is 1. The van der Waals surface area contributed by atoms with Crippen molar-refractivity contribution in [3.63, 3.8) is 0 Å². The van der Waals surface area contributed by atoms with Gasteiger partial charge in [0, 0.05) is 17.6 Å². The molecule has 1 aromatic rings. The van der Waals surface area contributed by atoms with Crippen LogP contribution in [-0.2, 0) is 6.54 Å². The predicted octanol–water partition coefficient (Wildman–Crippen LogP) is 2.73. The van der Waals surface area contributed by atoms with Crippen molar-refractivity contribution < 1.29 is 14.6 Å². The van der Waals surface area contributed by atoms with Crippen molar-refractivity contribution in [1.82, 2.24) is 5.32 Å². The predicted molar refractivity (Wildman–Crippen MR) is 81.4 cm³/mol. The van der Waals surface area contributed by atoms with Gasteiger partial charge in [0.1, 0.15) is 6.61 Å². The Balaban J connectivity index is 2.92. The third-order valence-electron chi connectivity index (χ3n) is 2.66. The fourth-order valence-electron chi connectivity index (χ4n) is 1.63. The normalized spacial score (nSPS) is 12.3. The van der Waals surface area contributed by atoms with Crippen LogP contribution < -0.4 is 14.8 Å². The quantitative estimate of drug-likeness (QED) is 0.842. The van der Waals surface area contributed by atoms with Crippen LogP contribution in [0.4, 0.5) is 0 Å². The Hall–Kier alpha value is -1.26. The smallest absolute Gasteiger partial charge is 0.165 e. The summed E-state index contributed by atoms with van der Waals surface area (Å²) in [5, 5.41) is 13.2. The van der Waals surface area contributed by atoms with E-state index >= 15 is 0 Å². The molecular formula is C16H27NO3. The minimum atomic E-state index is -0.879. The van der Waals surface area contributed by atoms with Gasteiger partial charge < -0.3 is 19.9 Å². The summed E-state index contributed by atoms with van der Waals surface area (Å²) in [6, 6.07) is 5.80. The number of methoxy groups -OCH3 is 1. The molecule has 0 bridgehead atoms. The molecule has 0 amide bonds. The fourth-order valence-corrected chi connectivity index (χ4v) is 1.63. The molecule has 0 atom stereocenters. The Morgan fingerprint density at radius 3 is 2.30 bits per heavy atom. The lowest BCUT2D eigenvalue weighted by molar-refractivity contribution is 0.0272. The SMILES string of the molecule is COc1cccc(CNC(C)(C)C)c1OCC(C)(C)O. The van der Waals surface area contributed by atoms with Crippen LogP contribution in [0.3, 0.4) is 0 Å². The lowest BCUT2D eigenvalue weighted by Gasteiger charge is -2.24. The zero-order chi connectivity index (χ0) is 15.4. The van der Waals surface area contributed by atoms with Crippen molar-refractivity contribution in [2.24, 2.45) is 0 Å². The molecule has 4 nitrogen and oxygen atoms in total. The molecule has 0 aliphatic heterocycles. The van der Waals surface area contributed by atoms with Crippen LogP contribution in [0.25, 0.3) is 0 Å². The minimum Gasteiger partial charge on any atom is -0.493 e. The number of nitrogens with one attached hydrogen (secondary N) is 1. The van der Waals surface area contributed by atoms with Gasteiger partial charge in [-0.15, -0.1) is 0 Å². The van der Waals surface area contributed by atoms with E-state index in [0.717, 1.165) is 5.56 Å². The molecule has 0 saturated heterocycles. The summed E-state index contributed by atoms with van der Waals surface area (Å²) in [5.74, 6) is 1.37. The van der Waals surface area contributed by atoms with Gasteiger partial charge in [-0.05, 0) is 40.7 Å². The van der Waals surface area contributed by atoms with Gasteiger partial charge in [-0.25, -0.2) is 0 Å². The maximum Gasteiger partial charge on any atom is 0.165 e. The van der Waals surface area contributed by atoms with Crippen LogP contribution in [0, 0.1) is 0 Å². The number of aliphatic hydroxyl groups is 1. The summed E-state index contributed by atoms with van der Waals surface area (Å²) in [4.78, 5) is 0. The van der Waals surface area contributed by atoms with Crippen molar-refractivity contribution in [2.45, 2.75) is 52.3 Å². The van der Waals surface area contributed by atoms with E-state index in [1.807, 2.05) is 18.2 Å². The maximum atomic E-state index is 9.81. The number of hydrogen-bond donors (Lipinski definition) is 2. The van der Waals surface area contributed by atoms with Gasteiger partial charge in [-0.2, -0.15) is 0 Å². The first-order valence-electron chi connectivity index (χ1n) is 6.88. The first-order chi connectivity index (χ1) is 9.12. The molecule has 0 spiro atoms. The Kier molecular flexibility index (Phi) is 5.42. The fraction of sp³-hybridized carbons (Fsp3) is 0.625. The van der Waals surface area contributed by atoms with E-state index in [2.05, 4.69) is 26.1 Å². The molecule has 0 fully saturated rings. The molecule has 0 heterocycles. The van der Waals surface area contributed by atoms with E-state index < -0.39 is 5.60 Å². The molecular weight excluding hydrogens is 254 g/mol. The summed E-state index contributed by atoms with van der Waals surface area (Å²) in [5.41, 5.74) is 0.162. The van der Waals surface area contributed by atoms with Crippen LogP contribution in [0.15, 0.2) is 18.2 Å². The number of rotatable bonds is 6. The van der Waals surface area contributed by atoms with Gasteiger partial charge in [-0.1, -0.05) is 12.1 Å². The summed E-state index contributed by atoms with van der Waals surface area (Å²) in [6.45, 7) is 10.7. The number of hydrogen-bond acceptors (Lipinski definition) is 4. The second-order valence-electron chi connectivity index (χ2n) is 6.65. The average Bonchev–Trinajstić information content (AvgIpc) is 2.32. The highest BCUT2D eigenvalue weighted by atomic mass is 16.5. The second kappa shape index (κ2) is 6.46. The van der Waals surface area contributed by atoms with E-state index in [1.54, 1.807) is 21.0 Å². The Labute approximate surface area is 122 Å². The molecule has 0 aromatic heterocycles. The lowest BCUT2D eigenvalue weighted by atomic mass is 10.1. The molecule has 4 heteroatoms. The molecule has 0 aliphatic carbocycles. The monoisotopic (exact) mass is 281 g/mol. The minimum absolute atomic E-state index is 0.0244. The van der Waals surface area contributed by atoms with E-state index in [-0.39, 0.29) is 12.1 Å². The zero-order valence-electron chi connectivity index (χ0n) is 13.4. The largest absolute Gasteiger partial charge is 0.493 e. The van der Waals surface area contributed by atoms with Crippen molar-refractivity contribution in [1.29, 1.82) is 0 Å². The topological polar surface area (TPSA) is 50.7 Å². The van der Waals surface area contributed by atoms with Crippen LogP contribution in [0.2, 0.25) is 0 Å². The number of ether oxygens (including phenoxy) is 2. The highest BCUT2D eigenvalue weighted by Crippen LogP contribution is 2.32. The van der Waals surface area contributed by atoms with E-state index in [4.69, 9.17) is 9.47 Å². The van der Waals surface area contributed by atoms with Gasteiger partial charge in [-0.3, -0.25) is 0 Å². The summed E-state index contributed by atoms with van der Waals surface area (Å²) < 4.78 is 11.1. The Morgan fingerprint density at radius 2 is 1.80 bits per heavy atom. The molecule has 0 aliphatic rings. The lowest BCUT2D eigenvalue weighted by Crippen LogP contribution is -2.35. The van der Waals surface area contributed by atoms with E-state index in [9.17, 15) is 5.11 Å². The standard InChI is InChI=1S/C16H27NO3/c1-15(2,3)17-10-12-8-7-9-13(19-6)14(12)20-11-16(4,5)18/h7-9,17-18H,10-11H2,1-6H3. The van der Waals surface area contributed by atoms with E-state index in [1.165, 1.54) is 0 Å². The third kappa shape index (κ3) is 5.80. The van der Waals surface area contributed by atoms with Crippen LogP contribution in [-0.4, -0.2) is 30.0 Å². The van der Waals surface area contributed by atoms with Crippen LogP contribution in [0.1, 0.15) is 40.2 Å². The maximum absolute atomic E-state index is 9.81. The van der Waals surface area contributed by atoms with Crippen LogP contribution >= 0.6 is 0 Å². The van der Waals surface area contributed by atoms with Gasteiger partial charge in [0.05, 0.1) is 12.7 Å². The van der Waals surface area contributed by atoms with Crippen molar-refractivity contribution in [2.75, 3.05) is 13.7 Å². The summed E-state index contributed by atoms with van der Waals surface area (Å²) >= 11 is 0. The molecule has 0 unspecified atom stereocenters. The first kappa shape index (κ1) is 16.8. The summed E-state index contributed by atoms with van der Waals surface area (Å²) in [7, 11) is 1.62. The van der Waals surface area contributed by atoms with Gasteiger partial charge >= 0.3 is 0 Å². The van der Waals surface area contributed by atoms with Gasteiger partial charge in [0.25, 0.3) is 0 Å². The molecule has 1 rings (SSSR count). The van der Waals surface area contributed by atoms with Gasteiger partial charge in [0.15, 0.2) is 11.5 Å². The van der Waals surface area contributed by atoms with Crippen LogP contribution in [0.5, 0.6) is 11.5 Å². The molecule has 2 N–H and O–H groups in total. The average molecular weight is 281 g/mol.